The van der Waals surface area contributed by atoms with Crippen LogP contribution in [0.3, 0.4) is 0 Å². The van der Waals surface area contributed by atoms with Gasteiger partial charge in [0.2, 0.25) is 0 Å². The molecule has 202 valence electrons. The zero-order chi connectivity index (χ0) is 28.2. The lowest BCUT2D eigenvalue weighted by Crippen LogP contribution is -2.19. The van der Waals surface area contributed by atoms with Crippen LogP contribution in [0.25, 0.3) is 0 Å². The Morgan fingerprint density at radius 2 is 1.49 bits per heavy atom. The van der Waals surface area contributed by atoms with E-state index in [1.807, 2.05) is 0 Å². The average molecular weight is 570 g/mol. The highest BCUT2D eigenvalue weighted by Gasteiger charge is 2.21. The Balaban J connectivity index is 1.55. The third kappa shape index (κ3) is 6.54. The maximum atomic E-state index is 13.5. The third-order valence-corrected chi connectivity index (χ3v) is 8.49. The van der Waals surface area contributed by atoms with E-state index in [2.05, 4.69) is 14.8 Å². The third-order valence-electron chi connectivity index (χ3n) is 5.59. The number of aryl methyl sites for hydroxylation is 1. The fourth-order valence-electron chi connectivity index (χ4n) is 3.70. The minimum absolute atomic E-state index is 0.00884. The van der Waals surface area contributed by atoms with Crippen LogP contribution in [0.5, 0.6) is 5.75 Å². The molecule has 0 saturated heterocycles. The molecule has 0 heterocycles. The summed E-state index contributed by atoms with van der Waals surface area (Å²) in [4.78, 5) is 12.9. The van der Waals surface area contributed by atoms with Gasteiger partial charge in [-0.15, -0.1) is 0 Å². The maximum Gasteiger partial charge on any atom is 0.262 e. The molecule has 0 aliphatic heterocycles. The van der Waals surface area contributed by atoms with E-state index >= 15 is 0 Å². The molecule has 0 aliphatic rings. The molecule has 0 atom stereocenters. The van der Waals surface area contributed by atoms with Crippen LogP contribution in [0.4, 0.5) is 21.5 Å². The quantitative estimate of drug-likeness (QED) is 0.260. The van der Waals surface area contributed by atoms with E-state index in [0.29, 0.717) is 11.4 Å². The number of carbonyl (C=O) groups is 1. The van der Waals surface area contributed by atoms with Crippen LogP contribution >= 0.6 is 0 Å². The van der Waals surface area contributed by atoms with E-state index in [0.717, 1.165) is 18.2 Å². The number of rotatable bonds is 9. The second-order valence-corrected chi connectivity index (χ2v) is 11.7. The Kier molecular flexibility index (Phi) is 7.88. The van der Waals surface area contributed by atoms with Crippen molar-refractivity contribution in [3.8, 4) is 5.75 Å². The van der Waals surface area contributed by atoms with E-state index < -0.39 is 31.8 Å². The fraction of sp³-hybridized carbons (Fsp3) is 0.0741. The number of halogens is 1. The van der Waals surface area contributed by atoms with Gasteiger partial charge in [-0.3, -0.25) is 14.2 Å². The van der Waals surface area contributed by atoms with Crippen molar-refractivity contribution in [3.05, 3.63) is 108 Å². The second kappa shape index (κ2) is 11.1. The zero-order valence-electron chi connectivity index (χ0n) is 20.8. The molecule has 0 spiro atoms. The van der Waals surface area contributed by atoms with Crippen LogP contribution in [0.15, 0.2) is 101 Å². The molecule has 9 nitrogen and oxygen atoms in total. The molecule has 0 aromatic heterocycles. The van der Waals surface area contributed by atoms with Gasteiger partial charge in [0.15, 0.2) is 0 Å². The number of ether oxygens (including phenoxy) is 1. The predicted octanol–water partition coefficient (Wildman–Crippen LogP) is 5.00. The summed E-state index contributed by atoms with van der Waals surface area (Å²) in [7, 11) is -6.63. The summed E-state index contributed by atoms with van der Waals surface area (Å²) in [5.74, 6) is -0.686. The van der Waals surface area contributed by atoms with Crippen LogP contribution in [0, 0.1) is 12.7 Å². The summed E-state index contributed by atoms with van der Waals surface area (Å²) in [6.45, 7) is 1.46. The number of methoxy groups -OCH3 is 1. The number of para-hydroxylation sites is 1. The lowest BCUT2D eigenvalue weighted by molar-refractivity contribution is 0.102. The highest BCUT2D eigenvalue weighted by Crippen LogP contribution is 2.25. The normalized spacial score (nSPS) is 11.5. The Morgan fingerprint density at radius 3 is 2.18 bits per heavy atom. The van der Waals surface area contributed by atoms with E-state index in [1.54, 1.807) is 36.4 Å². The van der Waals surface area contributed by atoms with Gasteiger partial charge in [-0.05, 0) is 85.3 Å². The molecular weight excluding hydrogens is 545 g/mol. The lowest BCUT2D eigenvalue weighted by Gasteiger charge is -2.14. The Hall–Kier alpha value is -4.42. The predicted molar refractivity (Wildman–Crippen MR) is 147 cm³/mol. The van der Waals surface area contributed by atoms with Gasteiger partial charge in [0.05, 0.1) is 28.2 Å². The first-order valence-corrected chi connectivity index (χ1v) is 14.4. The molecule has 1 amide bonds. The molecular formula is C27H24FN3O6S2. The van der Waals surface area contributed by atoms with Crippen LogP contribution in [0.2, 0.25) is 0 Å². The molecule has 0 fully saturated rings. The Bertz CT molecular complexity index is 1740. The zero-order valence-corrected chi connectivity index (χ0v) is 22.4. The van der Waals surface area contributed by atoms with Gasteiger partial charge in [0.25, 0.3) is 26.0 Å². The average Bonchev–Trinajstić information content (AvgIpc) is 2.89. The molecule has 0 radical (unpaired) electrons. The van der Waals surface area contributed by atoms with Crippen molar-refractivity contribution in [1.29, 1.82) is 0 Å². The number of nitrogens with one attached hydrogen (secondary N) is 3. The first-order chi connectivity index (χ1) is 18.5. The van der Waals surface area contributed by atoms with Crippen molar-refractivity contribution in [1.82, 2.24) is 0 Å². The molecule has 0 unspecified atom stereocenters. The monoisotopic (exact) mass is 569 g/mol. The molecule has 0 aliphatic carbocycles. The molecule has 0 saturated carbocycles. The minimum Gasteiger partial charge on any atom is -0.497 e. The van der Waals surface area contributed by atoms with Gasteiger partial charge >= 0.3 is 0 Å². The van der Waals surface area contributed by atoms with Crippen molar-refractivity contribution in [2.24, 2.45) is 0 Å². The summed E-state index contributed by atoms with van der Waals surface area (Å²) in [6, 6.07) is 21.1. The number of carbonyl (C=O) groups excluding carboxylic acids is 1. The van der Waals surface area contributed by atoms with Crippen LogP contribution in [-0.4, -0.2) is 29.9 Å². The number of amides is 1. The highest BCUT2D eigenvalue weighted by molar-refractivity contribution is 7.93. The van der Waals surface area contributed by atoms with Crippen LogP contribution in [0.1, 0.15) is 15.9 Å². The molecule has 12 heteroatoms. The topological polar surface area (TPSA) is 131 Å². The first-order valence-electron chi connectivity index (χ1n) is 11.4. The van der Waals surface area contributed by atoms with Crippen molar-refractivity contribution in [2.75, 3.05) is 21.9 Å². The van der Waals surface area contributed by atoms with Crippen molar-refractivity contribution < 1.29 is 30.8 Å². The number of hydrogen-bond donors (Lipinski definition) is 3. The molecule has 4 aromatic rings. The van der Waals surface area contributed by atoms with Gasteiger partial charge in [-0.25, -0.2) is 21.2 Å². The van der Waals surface area contributed by atoms with Gasteiger partial charge in [-0.1, -0.05) is 18.2 Å². The maximum absolute atomic E-state index is 13.5. The number of benzene rings is 4. The minimum atomic E-state index is -4.14. The van der Waals surface area contributed by atoms with Crippen molar-refractivity contribution in [3.63, 3.8) is 0 Å². The number of sulfonamides is 2. The van der Waals surface area contributed by atoms with Gasteiger partial charge < -0.3 is 10.1 Å². The van der Waals surface area contributed by atoms with E-state index in [-0.39, 0.29) is 32.3 Å². The fourth-order valence-corrected chi connectivity index (χ4v) is 6.11. The summed E-state index contributed by atoms with van der Waals surface area (Å²) < 4.78 is 75.1. The number of hydrogen-bond acceptors (Lipinski definition) is 6. The van der Waals surface area contributed by atoms with E-state index in [4.69, 9.17) is 4.74 Å². The summed E-state index contributed by atoms with van der Waals surface area (Å²) in [5.41, 5.74) is 0.673. The Morgan fingerprint density at radius 1 is 0.769 bits per heavy atom. The van der Waals surface area contributed by atoms with Crippen LogP contribution < -0.4 is 19.5 Å². The van der Waals surface area contributed by atoms with Gasteiger partial charge in [0, 0.05) is 11.4 Å². The second-order valence-electron chi connectivity index (χ2n) is 8.38. The van der Waals surface area contributed by atoms with E-state index in [1.165, 1.54) is 50.4 Å². The summed E-state index contributed by atoms with van der Waals surface area (Å²) in [6.07, 6.45) is 0. The Labute approximate surface area is 225 Å². The van der Waals surface area contributed by atoms with E-state index in [9.17, 15) is 26.0 Å². The van der Waals surface area contributed by atoms with Gasteiger partial charge in [0.1, 0.15) is 11.6 Å². The SMILES string of the molecule is COc1ccc(NS(=O)(=O)c2cccc(NC(=O)c3ccccc3NS(=O)(=O)c3ccc(F)cc3C)c2)cc1. The van der Waals surface area contributed by atoms with Crippen molar-refractivity contribution in [2.45, 2.75) is 16.7 Å². The van der Waals surface area contributed by atoms with Crippen LogP contribution in [-0.2, 0) is 20.0 Å². The molecule has 4 rings (SSSR count). The summed E-state index contributed by atoms with van der Waals surface area (Å²) in [5, 5.41) is 2.60. The van der Waals surface area contributed by atoms with Crippen molar-refractivity contribution >= 4 is 43.0 Å². The first kappa shape index (κ1) is 27.6. The standard InChI is InChI=1S/C27H24FN3O6S2/c1-18-16-19(28)10-15-26(18)39(35,36)31-25-9-4-3-8-24(25)27(32)29-21-6-5-7-23(17-21)38(33,34)30-20-11-13-22(37-2)14-12-20/h3-17,30-31H,1-2H3,(H,29,32). The molecule has 39 heavy (non-hydrogen) atoms. The summed E-state index contributed by atoms with van der Waals surface area (Å²) >= 11 is 0. The molecule has 0 bridgehead atoms. The number of anilines is 3. The smallest absolute Gasteiger partial charge is 0.262 e. The lowest BCUT2D eigenvalue weighted by atomic mass is 10.1. The highest BCUT2D eigenvalue weighted by atomic mass is 32.2. The molecule has 3 N–H and O–H groups in total. The van der Waals surface area contributed by atoms with Gasteiger partial charge in [-0.2, -0.15) is 0 Å². The largest absolute Gasteiger partial charge is 0.497 e. The molecule has 4 aromatic carbocycles.